The first-order chi connectivity index (χ1) is 7.00. The van der Waals surface area contributed by atoms with Crippen LogP contribution in [0.5, 0.6) is 0 Å². The molecular formula is C9H11NO5. The molecule has 0 aliphatic heterocycles. The molecule has 1 unspecified atom stereocenters. The average molecular weight is 213 g/mol. The first-order valence-electron chi connectivity index (χ1n) is 4.29. The van der Waals surface area contributed by atoms with Crippen LogP contribution in [0.2, 0.25) is 0 Å². The van der Waals surface area contributed by atoms with E-state index in [9.17, 15) is 9.59 Å². The van der Waals surface area contributed by atoms with E-state index in [2.05, 4.69) is 5.32 Å². The van der Waals surface area contributed by atoms with Crippen LogP contribution >= 0.6 is 0 Å². The van der Waals surface area contributed by atoms with E-state index in [1.165, 1.54) is 19.1 Å². The molecule has 3 N–H and O–H groups in total. The van der Waals surface area contributed by atoms with Gasteiger partial charge < -0.3 is 14.6 Å². The first-order valence-corrected chi connectivity index (χ1v) is 4.29. The van der Waals surface area contributed by atoms with Gasteiger partial charge in [0.25, 0.3) is 0 Å². The Morgan fingerprint density at radius 2 is 2.13 bits per heavy atom. The number of carboxylic acid groups (broad SMARTS) is 2. The summed E-state index contributed by atoms with van der Waals surface area (Å²) in [7, 11) is 0. The fourth-order valence-corrected chi connectivity index (χ4v) is 0.929. The van der Waals surface area contributed by atoms with Crippen LogP contribution in [0.3, 0.4) is 0 Å². The van der Waals surface area contributed by atoms with Crippen LogP contribution in [0.4, 0.5) is 0 Å². The Morgan fingerprint density at radius 3 is 2.60 bits per heavy atom. The smallest absolute Gasteiger partial charge is 0.371 e. The Balaban J connectivity index is 2.51. The highest BCUT2D eigenvalue weighted by atomic mass is 16.4. The summed E-state index contributed by atoms with van der Waals surface area (Å²) < 4.78 is 4.92. The molecule has 0 saturated carbocycles. The summed E-state index contributed by atoms with van der Waals surface area (Å²) in [6, 6.07) is 2.11. The number of carbonyl (C=O) groups is 2. The van der Waals surface area contributed by atoms with Crippen molar-refractivity contribution in [2.45, 2.75) is 19.5 Å². The molecule has 1 atom stereocenters. The third-order valence-electron chi connectivity index (χ3n) is 1.83. The maximum absolute atomic E-state index is 10.5. The van der Waals surface area contributed by atoms with E-state index in [0.29, 0.717) is 5.76 Å². The van der Waals surface area contributed by atoms with Gasteiger partial charge in [-0.3, -0.25) is 10.1 Å². The summed E-state index contributed by atoms with van der Waals surface area (Å²) in [5, 5.41) is 19.8. The normalized spacial score (nSPS) is 12.3. The second kappa shape index (κ2) is 4.61. The van der Waals surface area contributed by atoms with Crippen molar-refractivity contribution in [1.82, 2.24) is 5.32 Å². The van der Waals surface area contributed by atoms with Crippen molar-refractivity contribution in [3.8, 4) is 0 Å². The van der Waals surface area contributed by atoms with Gasteiger partial charge >= 0.3 is 11.9 Å². The lowest BCUT2D eigenvalue weighted by Gasteiger charge is -2.06. The molecule has 0 amide bonds. The first kappa shape index (κ1) is 11.3. The number of carboxylic acids is 2. The van der Waals surface area contributed by atoms with E-state index in [0.717, 1.165) is 0 Å². The third-order valence-corrected chi connectivity index (χ3v) is 1.83. The Labute approximate surface area is 85.5 Å². The average Bonchev–Trinajstić information content (AvgIpc) is 2.62. The predicted molar refractivity (Wildman–Crippen MR) is 49.6 cm³/mol. The number of hydrogen-bond donors (Lipinski definition) is 3. The number of hydrogen-bond acceptors (Lipinski definition) is 4. The zero-order valence-electron chi connectivity index (χ0n) is 8.06. The summed E-state index contributed by atoms with van der Waals surface area (Å²) >= 11 is 0. The molecule has 0 aromatic carbocycles. The maximum atomic E-state index is 10.5. The molecular weight excluding hydrogens is 202 g/mol. The van der Waals surface area contributed by atoms with Gasteiger partial charge in [0.2, 0.25) is 5.76 Å². The van der Waals surface area contributed by atoms with E-state index < -0.39 is 18.0 Å². The summed E-state index contributed by atoms with van der Waals surface area (Å²) in [5.41, 5.74) is 0. The largest absolute Gasteiger partial charge is 0.480 e. The lowest BCUT2D eigenvalue weighted by molar-refractivity contribution is -0.139. The molecule has 0 bridgehead atoms. The van der Waals surface area contributed by atoms with E-state index in [1.807, 2.05) is 0 Å². The minimum Gasteiger partial charge on any atom is -0.480 e. The highest BCUT2D eigenvalue weighted by Crippen LogP contribution is 2.07. The zero-order valence-corrected chi connectivity index (χ0v) is 8.06. The standard InChI is InChI=1S/C9H11NO5/c1-5(8(11)12)10-4-6-2-3-7(15-6)9(13)14/h2-3,5,10H,4H2,1H3,(H,11,12)(H,13,14). The van der Waals surface area contributed by atoms with Crippen LogP contribution in [-0.4, -0.2) is 28.2 Å². The van der Waals surface area contributed by atoms with Crippen LogP contribution in [0.25, 0.3) is 0 Å². The highest BCUT2D eigenvalue weighted by Gasteiger charge is 2.12. The number of nitrogens with one attached hydrogen (secondary N) is 1. The SMILES string of the molecule is CC(NCc1ccc(C(=O)O)o1)C(=O)O. The third kappa shape index (κ3) is 3.10. The second-order valence-corrected chi connectivity index (χ2v) is 3.01. The van der Waals surface area contributed by atoms with Crippen LogP contribution < -0.4 is 5.32 Å². The molecule has 0 aliphatic rings. The number of furan rings is 1. The summed E-state index contributed by atoms with van der Waals surface area (Å²) in [6.45, 7) is 1.67. The van der Waals surface area contributed by atoms with Crippen molar-refractivity contribution in [1.29, 1.82) is 0 Å². The molecule has 0 spiro atoms. The molecule has 1 rings (SSSR count). The van der Waals surface area contributed by atoms with Gasteiger partial charge in [-0.25, -0.2) is 4.79 Å². The molecule has 1 aromatic heterocycles. The zero-order chi connectivity index (χ0) is 11.4. The van der Waals surface area contributed by atoms with Gasteiger partial charge in [-0.15, -0.1) is 0 Å². The molecule has 6 nitrogen and oxygen atoms in total. The van der Waals surface area contributed by atoms with E-state index in [1.54, 1.807) is 0 Å². The topological polar surface area (TPSA) is 99.8 Å². The fourth-order valence-electron chi connectivity index (χ4n) is 0.929. The van der Waals surface area contributed by atoms with E-state index in [-0.39, 0.29) is 12.3 Å². The summed E-state index contributed by atoms with van der Waals surface area (Å²) in [4.78, 5) is 20.9. The molecule has 0 aliphatic carbocycles. The van der Waals surface area contributed by atoms with Crippen molar-refractivity contribution in [2.75, 3.05) is 0 Å². The molecule has 82 valence electrons. The number of aliphatic carboxylic acids is 1. The van der Waals surface area contributed by atoms with Gasteiger partial charge in [0.15, 0.2) is 0 Å². The van der Waals surface area contributed by atoms with Gasteiger partial charge in [0.1, 0.15) is 11.8 Å². The second-order valence-electron chi connectivity index (χ2n) is 3.01. The van der Waals surface area contributed by atoms with Gasteiger partial charge in [-0.1, -0.05) is 0 Å². The Bertz CT molecular complexity index is 370. The van der Waals surface area contributed by atoms with Crippen LogP contribution in [0.1, 0.15) is 23.2 Å². The van der Waals surface area contributed by atoms with E-state index in [4.69, 9.17) is 14.6 Å². The van der Waals surface area contributed by atoms with Gasteiger partial charge in [-0.2, -0.15) is 0 Å². The number of aromatic carboxylic acids is 1. The molecule has 0 fully saturated rings. The van der Waals surface area contributed by atoms with Gasteiger partial charge in [0.05, 0.1) is 6.54 Å². The summed E-state index contributed by atoms with van der Waals surface area (Å²) in [6.07, 6.45) is 0. The van der Waals surface area contributed by atoms with E-state index >= 15 is 0 Å². The van der Waals surface area contributed by atoms with Crippen molar-refractivity contribution >= 4 is 11.9 Å². The predicted octanol–water partition coefficient (Wildman–Crippen LogP) is 0.541. The Hall–Kier alpha value is -1.82. The maximum Gasteiger partial charge on any atom is 0.371 e. The minimum absolute atomic E-state index is 0.158. The Kier molecular flexibility index (Phi) is 3.46. The lowest BCUT2D eigenvalue weighted by Crippen LogP contribution is -2.32. The molecule has 0 radical (unpaired) electrons. The van der Waals surface area contributed by atoms with Gasteiger partial charge in [-0.05, 0) is 19.1 Å². The minimum atomic E-state index is -1.15. The molecule has 1 aromatic rings. The summed E-state index contributed by atoms with van der Waals surface area (Å²) in [5.74, 6) is -1.89. The molecule has 15 heavy (non-hydrogen) atoms. The Morgan fingerprint density at radius 1 is 1.47 bits per heavy atom. The van der Waals surface area contributed by atoms with Crippen molar-refractivity contribution in [3.63, 3.8) is 0 Å². The number of rotatable bonds is 5. The molecule has 1 heterocycles. The van der Waals surface area contributed by atoms with Crippen molar-refractivity contribution < 1.29 is 24.2 Å². The van der Waals surface area contributed by atoms with Crippen LogP contribution in [0, 0.1) is 0 Å². The quantitative estimate of drug-likeness (QED) is 0.660. The monoisotopic (exact) mass is 213 g/mol. The lowest BCUT2D eigenvalue weighted by atomic mass is 10.3. The van der Waals surface area contributed by atoms with Gasteiger partial charge in [0, 0.05) is 0 Å². The highest BCUT2D eigenvalue weighted by molar-refractivity contribution is 5.84. The van der Waals surface area contributed by atoms with Crippen LogP contribution in [0.15, 0.2) is 16.5 Å². The molecule has 6 heteroatoms. The van der Waals surface area contributed by atoms with Crippen molar-refractivity contribution in [3.05, 3.63) is 23.7 Å². The molecule has 0 saturated heterocycles. The van der Waals surface area contributed by atoms with Crippen LogP contribution in [-0.2, 0) is 11.3 Å². The van der Waals surface area contributed by atoms with Crippen molar-refractivity contribution in [2.24, 2.45) is 0 Å². The fraction of sp³-hybridized carbons (Fsp3) is 0.333.